The molecule has 1 heterocycles. The predicted octanol–water partition coefficient (Wildman–Crippen LogP) is 2.22. The van der Waals surface area contributed by atoms with E-state index in [1.54, 1.807) is 19.2 Å². The van der Waals surface area contributed by atoms with E-state index in [4.69, 9.17) is 4.74 Å². The zero-order valence-corrected chi connectivity index (χ0v) is 11.6. The second kappa shape index (κ2) is 6.92. The summed E-state index contributed by atoms with van der Waals surface area (Å²) in [4.78, 5) is 2.29. The summed E-state index contributed by atoms with van der Waals surface area (Å²) < 4.78 is 19.0. The van der Waals surface area contributed by atoms with E-state index < -0.39 is 0 Å². The van der Waals surface area contributed by atoms with Gasteiger partial charge in [-0.1, -0.05) is 0 Å². The van der Waals surface area contributed by atoms with Crippen molar-refractivity contribution in [3.05, 3.63) is 29.6 Å². The summed E-state index contributed by atoms with van der Waals surface area (Å²) in [7, 11) is 1.60. The van der Waals surface area contributed by atoms with Gasteiger partial charge in [0.25, 0.3) is 0 Å². The van der Waals surface area contributed by atoms with Crippen molar-refractivity contribution in [3.8, 4) is 5.75 Å². The number of nitrogens with one attached hydrogen (secondary N) is 1. The Bertz CT molecular complexity index is 383. The molecular weight excluding hydrogens is 255 g/mol. The fourth-order valence-corrected chi connectivity index (χ4v) is 2.24. The van der Waals surface area contributed by atoms with Crippen LogP contribution in [0.2, 0.25) is 0 Å². The van der Waals surface area contributed by atoms with Crippen LogP contribution in [0.15, 0.2) is 18.2 Å². The van der Waals surface area contributed by atoms with Gasteiger partial charge in [0.1, 0.15) is 11.6 Å². The lowest BCUT2D eigenvalue weighted by molar-refractivity contribution is 0.182. The van der Waals surface area contributed by atoms with Crippen molar-refractivity contribution in [2.45, 2.75) is 13.0 Å². The largest absolute Gasteiger partial charge is 0.497 e. The molecule has 1 aromatic rings. The minimum atomic E-state index is -0.156. The van der Waals surface area contributed by atoms with E-state index >= 15 is 0 Å². The molecule has 2 rings (SSSR count). The first-order valence-electron chi connectivity index (χ1n) is 6.00. The lowest BCUT2D eigenvalue weighted by Crippen LogP contribution is -2.44. The molecule has 0 radical (unpaired) electrons. The van der Waals surface area contributed by atoms with Gasteiger partial charge in [0, 0.05) is 37.8 Å². The Morgan fingerprint density at radius 3 is 2.61 bits per heavy atom. The van der Waals surface area contributed by atoms with E-state index in [1.165, 1.54) is 6.07 Å². The number of rotatable bonds is 3. The molecular formula is C13H20ClFN2O. The van der Waals surface area contributed by atoms with Crippen LogP contribution in [-0.2, 0) is 0 Å². The first-order valence-corrected chi connectivity index (χ1v) is 6.00. The minimum Gasteiger partial charge on any atom is -0.497 e. The highest BCUT2D eigenvalue weighted by Gasteiger charge is 2.20. The maximum atomic E-state index is 13.8. The van der Waals surface area contributed by atoms with E-state index in [2.05, 4.69) is 10.2 Å². The fourth-order valence-electron chi connectivity index (χ4n) is 2.24. The lowest BCUT2D eigenvalue weighted by atomic mass is 10.1. The molecule has 0 amide bonds. The summed E-state index contributed by atoms with van der Waals surface area (Å²) in [5.41, 5.74) is 0.714. The summed E-state index contributed by atoms with van der Waals surface area (Å²) in [6.45, 7) is 5.89. The van der Waals surface area contributed by atoms with E-state index in [0.717, 1.165) is 26.2 Å². The molecule has 0 aliphatic carbocycles. The van der Waals surface area contributed by atoms with Gasteiger partial charge in [-0.3, -0.25) is 4.90 Å². The molecule has 1 aromatic carbocycles. The van der Waals surface area contributed by atoms with Gasteiger partial charge in [-0.05, 0) is 25.1 Å². The van der Waals surface area contributed by atoms with E-state index in [0.29, 0.717) is 11.3 Å². The van der Waals surface area contributed by atoms with Gasteiger partial charge in [0.05, 0.1) is 7.11 Å². The SMILES string of the molecule is COc1ccc(F)c([C@@H](C)N2CCNCC2)c1.Cl. The van der Waals surface area contributed by atoms with Crippen LogP contribution in [0.25, 0.3) is 0 Å². The average molecular weight is 275 g/mol. The van der Waals surface area contributed by atoms with Crippen molar-refractivity contribution < 1.29 is 9.13 Å². The van der Waals surface area contributed by atoms with Crippen molar-refractivity contribution in [2.75, 3.05) is 33.3 Å². The predicted molar refractivity (Wildman–Crippen MR) is 73.1 cm³/mol. The highest BCUT2D eigenvalue weighted by molar-refractivity contribution is 5.85. The Balaban J connectivity index is 0.00000162. The molecule has 1 fully saturated rings. The minimum absolute atomic E-state index is 0. The van der Waals surface area contributed by atoms with Gasteiger partial charge in [-0.2, -0.15) is 0 Å². The molecule has 0 spiro atoms. The second-order valence-electron chi connectivity index (χ2n) is 4.35. The van der Waals surface area contributed by atoms with Crippen LogP contribution in [0.4, 0.5) is 4.39 Å². The summed E-state index contributed by atoms with van der Waals surface area (Å²) >= 11 is 0. The first-order chi connectivity index (χ1) is 8.22. The van der Waals surface area contributed by atoms with E-state index in [9.17, 15) is 4.39 Å². The molecule has 0 unspecified atom stereocenters. The number of piperazine rings is 1. The normalized spacial score (nSPS) is 17.9. The Kier molecular flexibility index (Phi) is 5.85. The topological polar surface area (TPSA) is 24.5 Å². The van der Waals surface area contributed by atoms with Crippen LogP contribution in [0.1, 0.15) is 18.5 Å². The molecule has 1 atom stereocenters. The van der Waals surface area contributed by atoms with Gasteiger partial charge in [-0.25, -0.2) is 4.39 Å². The Labute approximate surface area is 114 Å². The van der Waals surface area contributed by atoms with E-state index in [-0.39, 0.29) is 24.3 Å². The molecule has 3 nitrogen and oxygen atoms in total. The Hall–Kier alpha value is -0.840. The lowest BCUT2D eigenvalue weighted by Gasteiger charge is -2.33. The smallest absolute Gasteiger partial charge is 0.128 e. The number of ether oxygens (including phenoxy) is 1. The molecule has 1 saturated heterocycles. The van der Waals surface area contributed by atoms with Crippen LogP contribution >= 0.6 is 12.4 Å². The molecule has 0 bridgehead atoms. The zero-order chi connectivity index (χ0) is 12.3. The highest BCUT2D eigenvalue weighted by atomic mass is 35.5. The number of nitrogens with zero attached hydrogens (tertiary/aromatic N) is 1. The number of benzene rings is 1. The third kappa shape index (κ3) is 3.34. The Morgan fingerprint density at radius 1 is 1.33 bits per heavy atom. The van der Waals surface area contributed by atoms with Gasteiger partial charge in [0.2, 0.25) is 0 Å². The second-order valence-corrected chi connectivity index (χ2v) is 4.35. The number of hydrogen-bond donors (Lipinski definition) is 1. The summed E-state index contributed by atoms with van der Waals surface area (Å²) in [5, 5.41) is 3.30. The molecule has 0 saturated carbocycles. The van der Waals surface area contributed by atoms with Crippen molar-refractivity contribution in [3.63, 3.8) is 0 Å². The summed E-state index contributed by atoms with van der Waals surface area (Å²) in [6, 6.07) is 5.02. The van der Waals surface area contributed by atoms with Crippen LogP contribution in [0, 0.1) is 5.82 Å². The molecule has 1 N–H and O–H groups in total. The molecule has 1 aliphatic rings. The van der Waals surface area contributed by atoms with Gasteiger partial charge >= 0.3 is 0 Å². The summed E-state index contributed by atoms with van der Waals surface area (Å²) in [5.74, 6) is 0.556. The van der Waals surface area contributed by atoms with Crippen molar-refractivity contribution in [1.82, 2.24) is 10.2 Å². The summed E-state index contributed by atoms with van der Waals surface area (Å²) in [6.07, 6.45) is 0. The number of hydrogen-bond acceptors (Lipinski definition) is 3. The van der Waals surface area contributed by atoms with Crippen molar-refractivity contribution >= 4 is 12.4 Å². The third-order valence-electron chi connectivity index (χ3n) is 3.35. The van der Waals surface area contributed by atoms with Crippen LogP contribution in [0.5, 0.6) is 5.75 Å². The maximum Gasteiger partial charge on any atom is 0.128 e. The van der Waals surface area contributed by atoms with Gasteiger partial charge in [0.15, 0.2) is 0 Å². The molecule has 1 aliphatic heterocycles. The maximum absolute atomic E-state index is 13.8. The van der Waals surface area contributed by atoms with Crippen LogP contribution < -0.4 is 10.1 Å². The fraction of sp³-hybridized carbons (Fsp3) is 0.538. The Morgan fingerprint density at radius 2 is 2.00 bits per heavy atom. The monoisotopic (exact) mass is 274 g/mol. The standard InChI is InChI=1S/C13H19FN2O.ClH/c1-10(16-7-5-15-6-8-16)12-9-11(17-2)3-4-13(12)14;/h3-4,9-10,15H,5-8H2,1-2H3;1H/t10-;/m1./s1. The molecule has 5 heteroatoms. The molecule has 18 heavy (non-hydrogen) atoms. The van der Waals surface area contributed by atoms with E-state index in [1.807, 2.05) is 6.92 Å². The van der Waals surface area contributed by atoms with Crippen molar-refractivity contribution in [1.29, 1.82) is 0 Å². The van der Waals surface area contributed by atoms with Gasteiger partial charge < -0.3 is 10.1 Å². The average Bonchev–Trinajstić information content (AvgIpc) is 2.39. The first kappa shape index (κ1) is 15.2. The highest BCUT2D eigenvalue weighted by Crippen LogP contribution is 2.26. The van der Waals surface area contributed by atoms with Crippen LogP contribution in [-0.4, -0.2) is 38.2 Å². The third-order valence-corrected chi connectivity index (χ3v) is 3.35. The number of halogens is 2. The van der Waals surface area contributed by atoms with Crippen molar-refractivity contribution in [2.24, 2.45) is 0 Å². The number of methoxy groups -OCH3 is 1. The zero-order valence-electron chi connectivity index (χ0n) is 10.8. The molecule has 102 valence electrons. The quantitative estimate of drug-likeness (QED) is 0.915. The molecule has 0 aromatic heterocycles. The van der Waals surface area contributed by atoms with Gasteiger partial charge in [-0.15, -0.1) is 12.4 Å². The van der Waals surface area contributed by atoms with Crippen LogP contribution in [0.3, 0.4) is 0 Å².